The highest BCUT2D eigenvalue weighted by molar-refractivity contribution is 7.99. The van der Waals surface area contributed by atoms with Crippen LogP contribution in [-0.2, 0) is 14.8 Å². The lowest BCUT2D eigenvalue weighted by atomic mass is 9.95. The molecular formula is C21H33N3O4S3. The molecule has 3 saturated heterocycles. The second-order valence-corrected chi connectivity index (χ2v) is 12.9. The van der Waals surface area contributed by atoms with E-state index in [4.69, 9.17) is 4.74 Å². The Balaban J connectivity index is 1.36. The first kappa shape index (κ1) is 23.5. The van der Waals surface area contributed by atoms with Crippen LogP contribution in [0.15, 0.2) is 16.3 Å². The van der Waals surface area contributed by atoms with Crippen LogP contribution in [0.4, 0.5) is 0 Å². The van der Waals surface area contributed by atoms with E-state index in [9.17, 15) is 13.2 Å². The largest absolute Gasteiger partial charge is 0.373 e. The summed E-state index contributed by atoms with van der Waals surface area (Å²) in [5, 5.41) is 1.73. The fourth-order valence-electron chi connectivity index (χ4n) is 4.84. The molecule has 4 heterocycles. The Morgan fingerprint density at radius 1 is 1.10 bits per heavy atom. The number of amides is 1. The maximum Gasteiger partial charge on any atom is 0.265 e. The zero-order valence-corrected chi connectivity index (χ0v) is 20.8. The summed E-state index contributed by atoms with van der Waals surface area (Å²) >= 11 is 3.02. The molecule has 0 saturated carbocycles. The van der Waals surface area contributed by atoms with Crippen LogP contribution in [-0.4, -0.2) is 98.0 Å². The maximum absolute atomic E-state index is 13.2. The van der Waals surface area contributed by atoms with E-state index >= 15 is 0 Å². The monoisotopic (exact) mass is 487 g/mol. The van der Waals surface area contributed by atoms with Crippen LogP contribution in [0.5, 0.6) is 0 Å². The van der Waals surface area contributed by atoms with E-state index < -0.39 is 10.0 Å². The summed E-state index contributed by atoms with van der Waals surface area (Å²) in [7, 11) is -3.61. The fraction of sp³-hybridized carbons (Fsp3) is 0.762. The molecular weight excluding hydrogens is 454 g/mol. The van der Waals surface area contributed by atoms with Gasteiger partial charge in [0.05, 0.1) is 12.2 Å². The Hall–Kier alpha value is -0.650. The summed E-state index contributed by atoms with van der Waals surface area (Å²) in [5.74, 6) is 2.05. The number of carbonyl (C=O) groups excluding carboxylic acids is 1. The number of ether oxygens (including phenoxy) is 1. The van der Waals surface area contributed by atoms with Crippen molar-refractivity contribution in [3.05, 3.63) is 16.3 Å². The standard InChI is InChI=1S/C21H33N3O4S3/c1-16-13-22(14-17(2)28-16)15-18-3-6-23(7-4-18)21(25)20-19(5-10-30-20)31(26,27)24-8-11-29-12-9-24/h5,10,16-18H,3-4,6-9,11-15H2,1-2H3. The number of hydrogen-bond donors (Lipinski definition) is 0. The molecule has 3 aliphatic rings. The topological polar surface area (TPSA) is 70.2 Å². The summed E-state index contributed by atoms with van der Waals surface area (Å²) in [6, 6.07) is 1.60. The van der Waals surface area contributed by atoms with Gasteiger partial charge in [-0.1, -0.05) is 0 Å². The molecule has 0 spiro atoms. The molecule has 2 atom stereocenters. The van der Waals surface area contributed by atoms with Crippen molar-refractivity contribution in [1.29, 1.82) is 0 Å². The van der Waals surface area contributed by atoms with Crippen molar-refractivity contribution in [2.75, 3.05) is 57.3 Å². The minimum absolute atomic E-state index is 0.132. The van der Waals surface area contributed by atoms with Crippen molar-refractivity contribution in [2.45, 2.75) is 43.8 Å². The van der Waals surface area contributed by atoms with Gasteiger partial charge < -0.3 is 9.64 Å². The van der Waals surface area contributed by atoms with Crippen LogP contribution in [0.1, 0.15) is 36.4 Å². The van der Waals surface area contributed by atoms with Crippen LogP contribution < -0.4 is 0 Å². The molecule has 3 fully saturated rings. The number of thioether (sulfide) groups is 1. The molecule has 0 bridgehead atoms. The van der Waals surface area contributed by atoms with Gasteiger partial charge in [-0.25, -0.2) is 8.42 Å². The summed E-state index contributed by atoms with van der Waals surface area (Å²) in [6.07, 6.45) is 2.46. The Morgan fingerprint density at radius 2 is 1.74 bits per heavy atom. The van der Waals surface area contributed by atoms with E-state index in [0.717, 1.165) is 44.0 Å². The SMILES string of the molecule is CC1CN(CC2CCN(C(=O)c3sccc3S(=O)(=O)N3CCSCC3)CC2)CC(C)O1. The average molecular weight is 488 g/mol. The van der Waals surface area contributed by atoms with Gasteiger partial charge in [-0.2, -0.15) is 16.1 Å². The van der Waals surface area contributed by atoms with E-state index in [0.29, 0.717) is 37.0 Å². The highest BCUT2D eigenvalue weighted by atomic mass is 32.2. The summed E-state index contributed by atoms with van der Waals surface area (Å²) in [5.41, 5.74) is 0. The molecule has 1 aromatic rings. The van der Waals surface area contributed by atoms with Crippen molar-refractivity contribution in [1.82, 2.24) is 14.1 Å². The molecule has 10 heteroatoms. The lowest BCUT2D eigenvalue weighted by Crippen LogP contribution is -2.48. The quantitative estimate of drug-likeness (QED) is 0.636. The zero-order valence-electron chi connectivity index (χ0n) is 18.4. The van der Waals surface area contributed by atoms with Gasteiger partial charge in [0.1, 0.15) is 9.77 Å². The predicted octanol–water partition coefficient (Wildman–Crippen LogP) is 2.45. The third-order valence-electron chi connectivity index (χ3n) is 6.32. The number of sulfonamides is 1. The second kappa shape index (κ2) is 10.1. The average Bonchev–Trinajstić information content (AvgIpc) is 3.24. The molecule has 4 rings (SSSR count). The number of rotatable bonds is 5. The Bertz CT molecular complexity index is 851. The van der Waals surface area contributed by atoms with Crippen LogP contribution in [0.3, 0.4) is 0 Å². The Morgan fingerprint density at radius 3 is 2.39 bits per heavy atom. The van der Waals surface area contributed by atoms with Gasteiger partial charge in [-0.3, -0.25) is 9.69 Å². The van der Waals surface area contributed by atoms with Crippen LogP contribution >= 0.6 is 23.1 Å². The molecule has 174 valence electrons. The normalized spacial score (nSPS) is 27.5. The van der Waals surface area contributed by atoms with Crippen molar-refractivity contribution in [3.8, 4) is 0 Å². The molecule has 0 aromatic carbocycles. The van der Waals surface area contributed by atoms with E-state index in [1.54, 1.807) is 23.2 Å². The van der Waals surface area contributed by atoms with E-state index in [-0.39, 0.29) is 23.0 Å². The number of nitrogens with zero attached hydrogens (tertiary/aromatic N) is 3. The summed E-state index contributed by atoms with van der Waals surface area (Å²) in [6.45, 7) is 9.64. The molecule has 0 N–H and O–H groups in total. The first-order valence-corrected chi connectivity index (χ1v) is 14.6. The molecule has 3 aliphatic heterocycles. The number of thiophene rings is 1. The van der Waals surface area contributed by atoms with Gasteiger partial charge in [0.15, 0.2) is 0 Å². The van der Waals surface area contributed by atoms with E-state index in [1.807, 2.05) is 4.90 Å². The molecule has 1 aromatic heterocycles. The predicted molar refractivity (Wildman–Crippen MR) is 125 cm³/mol. The van der Waals surface area contributed by atoms with Crippen molar-refractivity contribution >= 4 is 39.0 Å². The first-order valence-electron chi connectivity index (χ1n) is 11.2. The Labute approximate surface area is 194 Å². The van der Waals surface area contributed by atoms with Gasteiger partial charge in [-0.05, 0) is 44.1 Å². The third kappa shape index (κ3) is 5.47. The number of morpholine rings is 1. The fourth-order valence-corrected chi connectivity index (χ4v) is 8.78. The number of hydrogen-bond acceptors (Lipinski definition) is 7. The van der Waals surface area contributed by atoms with Crippen LogP contribution in [0, 0.1) is 5.92 Å². The molecule has 2 unspecified atom stereocenters. The van der Waals surface area contributed by atoms with E-state index in [2.05, 4.69) is 18.7 Å². The number of piperidine rings is 1. The summed E-state index contributed by atoms with van der Waals surface area (Å²) in [4.78, 5) is 18.1. The van der Waals surface area contributed by atoms with Gasteiger partial charge in [0.25, 0.3) is 5.91 Å². The maximum atomic E-state index is 13.2. The van der Waals surface area contributed by atoms with Crippen molar-refractivity contribution < 1.29 is 17.9 Å². The zero-order chi connectivity index (χ0) is 22.0. The van der Waals surface area contributed by atoms with Crippen molar-refractivity contribution in [2.24, 2.45) is 5.92 Å². The molecule has 31 heavy (non-hydrogen) atoms. The third-order valence-corrected chi connectivity index (χ3v) is 10.2. The Kier molecular flexibility index (Phi) is 7.65. The van der Waals surface area contributed by atoms with Crippen LogP contribution in [0.25, 0.3) is 0 Å². The number of carbonyl (C=O) groups is 1. The number of likely N-dealkylation sites (tertiary alicyclic amines) is 1. The summed E-state index contributed by atoms with van der Waals surface area (Å²) < 4.78 is 33.6. The minimum atomic E-state index is -3.61. The molecule has 7 nitrogen and oxygen atoms in total. The van der Waals surface area contributed by atoms with Crippen LogP contribution in [0.2, 0.25) is 0 Å². The van der Waals surface area contributed by atoms with Gasteiger partial charge >= 0.3 is 0 Å². The highest BCUT2D eigenvalue weighted by Crippen LogP contribution is 2.30. The van der Waals surface area contributed by atoms with E-state index in [1.165, 1.54) is 15.6 Å². The van der Waals surface area contributed by atoms with Gasteiger partial charge in [-0.15, -0.1) is 11.3 Å². The molecule has 1 amide bonds. The first-order chi connectivity index (χ1) is 14.8. The molecule has 0 aliphatic carbocycles. The van der Waals surface area contributed by atoms with Gasteiger partial charge in [0, 0.05) is 57.3 Å². The second-order valence-electron chi connectivity index (χ2n) is 8.84. The van der Waals surface area contributed by atoms with Crippen molar-refractivity contribution in [3.63, 3.8) is 0 Å². The smallest absolute Gasteiger partial charge is 0.265 e. The molecule has 0 radical (unpaired) electrons. The lowest BCUT2D eigenvalue weighted by Gasteiger charge is -2.39. The minimum Gasteiger partial charge on any atom is -0.373 e. The lowest BCUT2D eigenvalue weighted by molar-refractivity contribution is -0.0728. The highest BCUT2D eigenvalue weighted by Gasteiger charge is 2.34. The van der Waals surface area contributed by atoms with Gasteiger partial charge in [0.2, 0.25) is 10.0 Å².